The van der Waals surface area contributed by atoms with E-state index in [0.717, 1.165) is 42.7 Å². The molecule has 0 saturated carbocycles. The molecule has 0 spiro atoms. The summed E-state index contributed by atoms with van der Waals surface area (Å²) in [6.45, 7) is 6.40. The Labute approximate surface area is 130 Å². The second-order valence-electron chi connectivity index (χ2n) is 6.82. The molecule has 2 aromatic rings. The van der Waals surface area contributed by atoms with Gasteiger partial charge in [0.05, 0.1) is 17.1 Å². The highest BCUT2D eigenvalue weighted by Gasteiger charge is 2.33. The molecule has 22 heavy (non-hydrogen) atoms. The topological polar surface area (TPSA) is 58.2 Å². The van der Waals surface area contributed by atoms with E-state index in [4.69, 9.17) is 4.74 Å². The fraction of sp³-hybridized carbons (Fsp3) is 0.529. The zero-order valence-corrected chi connectivity index (χ0v) is 13.4. The minimum Gasteiger partial charge on any atom is -0.444 e. The van der Waals surface area contributed by atoms with Crippen LogP contribution in [0.3, 0.4) is 0 Å². The van der Waals surface area contributed by atoms with Crippen molar-refractivity contribution in [2.45, 2.75) is 51.7 Å². The molecule has 5 heteroatoms. The molecule has 1 N–H and O–H groups in total. The first-order valence-electron chi connectivity index (χ1n) is 7.88. The maximum absolute atomic E-state index is 12.5. The molecule has 1 aromatic carbocycles. The maximum Gasteiger partial charge on any atom is 0.410 e. The predicted octanol–water partition coefficient (Wildman–Crippen LogP) is 4.03. The number of H-pyrrole nitrogens is 1. The summed E-state index contributed by atoms with van der Waals surface area (Å²) >= 11 is 0. The first kappa shape index (κ1) is 14.9. The number of likely N-dealkylation sites (tertiary alicyclic amines) is 1. The number of para-hydroxylation sites is 2. The molecule has 0 radical (unpaired) electrons. The molecule has 2 heterocycles. The Morgan fingerprint density at radius 3 is 2.82 bits per heavy atom. The summed E-state index contributed by atoms with van der Waals surface area (Å²) in [6.07, 6.45) is 2.77. The number of imidazole rings is 1. The molecule has 0 bridgehead atoms. The molecule has 1 fully saturated rings. The van der Waals surface area contributed by atoms with Gasteiger partial charge in [-0.2, -0.15) is 0 Å². The molecule has 1 aliphatic rings. The molecule has 118 valence electrons. The molecule has 1 aliphatic heterocycles. The van der Waals surface area contributed by atoms with Crippen LogP contribution in [0, 0.1) is 0 Å². The van der Waals surface area contributed by atoms with Crippen molar-refractivity contribution in [2.75, 3.05) is 6.54 Å². The Hall–Kier alpha value is -2.04. The Bertz CT molecular complexity index is 639. The van der Waals surface area contributed by atoms with Crippen LogP contribution in [0.4, 0.5) is 4.79 Å². The summed E-state index contributed by atoms with van der Waals surface area (Å²) in [5.74, 6) is 0.853. The van der Waals surface area contributed by atoms with E-state index in [1.54, 1.807) is 0 Å². The van der Waals surface area contributed by atoms with Gasteiger partial charge in [0.15, 0.2) is 0 Å². The second kappa shape index (κ2) is 5.63. The molecule has 3 rings (SSSR count). The fourth-order valence-corrected chi connectivity index (χ4v) is 2.89. The van der Waals surface area contributed by atoms with Gasteiger partial charge in [-0.3, -0.25) is 4.90 Å². The Morgan fingerprint density at radius 2 is 2.09 bits per heavy atom. The number of nitrogens with zero attached hydrogens (tertiary/aromatic N) is 2. The van der Waals surface area contributed by atoms with Crippen LogP contribution in [0.25, 0.3) is 11.0 Å². The lowest BCUT2D eigenvalue weighted by molar-refractivity contribution is 0.00857. The number of aromatic amines is 1. The van der Waals surface area contributed by atoms with Crippen molar-refractivity contribution in [3.05, 3.63) is 30.1 Å². The molecule has 1 saturated heterocycles. The molecule has 1 unspecified atom stereocenters. The number of rotatable bonds is 1. The molecule has 0 aliphatic carbocycles. The number of aromatic nitrogens is 2. The highest BCUT2D eigenvalue weighted by molar-refractivity contribution is 5.75. The molecular formula is C17H23N3O2. The van der Waals surface area contributed by atoms with E-state index < -0.39 is 5.60 Å². The van der Waals surface area contributed by atoms with E-state index in [-0.39, 0.29) is 12.1 Å². The van der Waals surface area contributed by atoms with Crippen LogP contribution in [-0.4, -0.2) is 33.1 Å². The number of nitrogens with one attached hydrogen (secondary N) is 1. The van der Waals surface area contributed by atoms with Gasteiger partial charge in [0.25, 0.3) is 0 Å². The molecule has 1 amide bonds. The lowest BCUT2D eigenvalue weighted by Crippen LogP contribution is -2.42. The smallest absolute Gasteiger partial charge is 0.410 e. The summed E-state index contributed by atoms with van der Waals surface area (Å²) in [6, 6.07) is 7.91. The van der Waals surface area contributed by atoms with Gasteiger partial charge >= 0.3 is 6.09 Å². The zero-order valence-electron chi connectivity index (χ0n) is 13.4. The molecule has 1 aromatic heterocycles. The maximum atomic E-state index is 12.5. The molecule has 5 nitrogen and oxygen atoms in total. The number of fused-ring (bicyclic) bond motifs is 1. The van der Waals surface area contributed by atoms with E-state index in [1.807, 2.05) is 49.9 Å². The van der Waals surface area contributed by atoms with Gasteiger partial charge in [-0.05, 0) is 52.2 Å². The zero-order chi connectivity index (χ0) is 15.7. The Morgan fingerprint density at radius 1 is 1.32 bits per heavy atom. The number of hydrogen-bond donors (Lipinski definition) is 1. The Kier molecular flexibility index (Phi) is 3.81. The van der Waals surface area contributed by atoms with Gasteiger partial charge < -0.3 is 9.72 Å². The molecule has 1 atom stereocenters. The van der Waals surface area contributed by atoms with Gasteiger partial charge in [-0.15, -0.1) is 0 Å². The number of benzene rings is 1. The van der Waals surface area contributed by atoms with Crippen LogP contribution in [0.5, 0.6) is 0 Å². The van der Waals surface area contributed by atoms with Gasteiger partial charge in [0.2, 0.25) is 0 Å². The monoisotopic (exact) mass is 301 g/mol. The number of piperidine rings is 1. The van der Waals surface area contributed by atoms with Crippen LogP contribution in [0.2, 0.25) is 0 Å². The van der Waals surface area contributed by atoms with Crippen molar-refractivity contribution >= 4 is 17.1 Å². The van der Waals surface area contributed by atoms with Gasteiger partial charge in [-0.1, -0.05) is 12.1 Å². The first-order chi connectivity index (χ1) is 10.4. The van der Waals surface area contributed by atoms with E-state index in [2.05, 4.69) is 9.97 Å². The third-order valence-electron chi connectivity index (χ3n) is 3.85. The second-order valence-corrected chi connectivity index (χ2v) is 6.82. The standard InChI is InChI=1S/C17H23N3O2/c1-17(2,3)22-16(21)20-11-7-6-10-14(20)15-18-12-8-4-5-9-13(12)19-15/h4-5,8-9,14H,6-7,10-11H2,1-3H3,(H,18,19). The van der Waals surface area contributed by atoms with Gasteiger partial charge in [0.1, 0.15) is 11.4 Å². The summed E-state index contributed by atoms with van der Waals surface area (Å²) in [4.78, 5) is 22.3. The third-order valence-corrected chi connectivity index (χ3v) is 3.85. The van der Waals surface area contributed by atoms with Crippen LogP contribution in [-0.2, 0) is 4.74 Å². The van der Waals surface area contributed by atoms with Crippen LogP contribution >= 0.6 is 0 Å². The largest absolute Gasteiger partial charge is 0.444 e. The summed E-state index contributed by atoms with van der Waals surface area (Å²) < 4.78 is 5.55. The van der Waals surface area contributed by atoms with Crippen LogP contribution in [0.15, 0.2) is 24.3 Å². The van der Waals surface area contributed by atoms with Crippen molar-refractivity contribution < 1.29 is 9.53 Å². The predicted molar refractivity (Wildman–Crippen MR) is 85.6 cm³/mol. The van der Waals surface area contributed by atoms with Crippen molar-refractivity contribution in [3.63, 3.8) is 0 Å². The number of hydrogen-bond acceptors (Lipinski definition) is 3. The van der Waals surface area contributed by atoms with Gasteiger partial charge in [-0.25, -0.2) is 9.78 Å². The highest BCUT2D eigenvalue weighted by Crippen LogP contribution is 2.31. The van der Waals surface area contributed by atoms with E-state index >= 15 is 0 Å². The highest BCUT2D eigenvalue weighted by atomic mass is 16.6. The lowest BCUT2D eigenvalue weighted by Gasteiger charge is -2.35. The number of carbonyl (C=O) groups excluding carboxylic acids is 1. The summed E-state index contributed by atoms with van der Waals surface area (Å²) in [5, 5.41) is 0. The van der Waals surface area contributed by atoms with E-state index in [9.17, 15) is 4.79 Å². The molecular weight excluding hydrogens is 278 g/mol. The number of ether oxygens (including phenoxy) is 1. The van der Waals surface area contributed by atoms with Crippen LogP contribution < -0.4 is 0 Å². The minimum atomic E-state index is -0.479. The van der Waals surface area contributed by atoms with Crippen molar-refractivity contribution in [1.82, 2.24) is 14.9 Å². The van der Waals surface area contributed by atoms with Crippen molar-refractivity contribution in [2.24, 2.45) is 0 Å². The summed E-state index contributed by atoms with van der Waals surface area (Å²) in [7, 11) is 0. The summed E-state index contributed by atoms with van der Waals surface area (Å²) in [5.41, 5.74) is 1.46. The quantitative estimate of drug-likeness (QED) is 0.865. The van der Waals surface area contributed by atoms with E-state index in [1.165, 1.54) is 0 Å². The van der Waals surface area contributed by atoms with E-state index in [0.29, 0.717) is 0 Å². The van der Waals surface area contributed by atoms with Crippen molar-refractivity contribution in [1.29, 1.82) is 0 Å². The number of carbonyl (C=O) groups is 1. The lowest BCUT2D eigenvalue weighted by atomic mass is 10.0. The minimum absolute atomic E-state index is 0.0315. The van der Waals surface area contributed by atoms with Crippen molar-refractivity contribution in [3.8, 4) is 0 Å². The average Bonchev–Trinajstić information content (AvgIpc) is 2.89. The average molecular weight is 301 g/mol. The fourth-order valence-electron chi connectivity index (χ4n) is 2.89. The third kappa shape index (κ3) is 3.08. The first-order valence-corrected chi connectivity index (χ1v) is 7.88. The SMILES string of the molecule is CC(C)(C)OC(=O)N1CCCCC1c1nc2ccccc2[nH]1. The Balaban J connectivity index is 1.87. The normalized spacial score (nSPS) is 19.4. The van der Waals surface area contributed by atoms with Crippen LogP contribution in [0.1, 0.15) is 51.9 Å². The van der Waals surface area contributed by atoms with Gasteiger partial charge in [0, 0.05) is 6.54 Å². The number of amides is 1.